The molecule has 3 heterocycles. The van der Waals surface area contributed by atoms with Gasteiger partial charge in [0, 0.05) is 12.4 Å². The fourth-order valence-corrected chi connectivity index (χ4v) is 2.73. The summed E-state index contributed by atoms with van der Waals surface area (Å²) in [5.41, 5.74) is 3.21. The predicted octanol–water partition coefficient (Wildman–Crippen LogP) is 2.86. The van der Waals surface area contributed by atoms with Crippen LogP contribution < -0.4 is 14.8 Å². The fourth-order valence-electron chi connectivity index (χ4n) is 2.73. The summed E-state index contributed by atoms with van der Waals surface area (Å²) in [6, 6.07) is 9.42. The van der Waals surface area contributed by atoms with Crippen LogP contribution in [0.25, 0.3) is 5.65 Å². The van der Waals surface area contributed by atoms with Gasteiger partial charge in [-0.3, -0.25) is 4.79 Å². The van der Waals surface area contributed by atoms with Crippen molar-refractivity contribution in [1.82, 2.24) is 14.7 Å². The van der Waals surface area contributed by atoms with Gasteiger partial charge < -0.3 is 19.2 Å². The number of nitrogens with zero attached hydrogens (tertiary/aromatic N) is 2. The minimum atomic E-state index is -0.207. The van der Waals surface area contributed by atoms with Crippen LogP contribution in [-0.4, -0.2) is 22.1 Å². The minimum Gasteiger partial charge on any atom is -0.454 e. The normalized spacial score (nSPS) is 13.9. The third kappa shape index (κ3) is 2.56. The van der Waals surface area contributed by atoms with Gasteiger partial charge in [0.15, 0.2) is 11.5 Å². The lowest BCUT2D eigenvalue weighted by Crippen LogP contribution is -2.26. The van der Waals surface area contributed by atoms with Crippen LogP contribution in [0.1, 0.15) is 34.6 Å². The number of carbonyl (C=O) groups excluding carboxylic acids is 1. The van der Waals surface area contributed by atoms with Gasteiger partial charge in [0.1, 0.15) is 11.3 Å². The van der Waals surface area contributed by atoms with Crippen molar-refractivity contribution in [3.05, 3.63) is 59.5 Å². The first-order chi connectivity index (χ1) is 11.6. The molecule has 122 valence electrons. The summed E-state index contributed by atoms with van der Waals surface area (Å²) in [5, 5.41) is 2.97. The summed E-state index contributed by atoms with van der Waals surface area (Å²) in [7, 11) is 0. The van der Waals surface area contributed by atoms with Crippen molar-refractivity contribution < 1.29 is 14.3 Å². The van der Waals surface area contributed by atoms with E-state index < -0.39 is 0 Å². The number of rotatable bonds is 3. The van der Waals surface area contributed by atoms with E-state index >= 15 is 0 Å². The molecule has 0 spiro atoms. The Balaban J connectivity index is 1.54. The molecule has 0 saturated heterocycles. The average molecular weight is 323 g/mol. The van der Waals surface area contributed by atoms with E-state index in [2.05, 4.69) is 10.3 Å². The van der Waals surface area contributed by atoms with E-state index in [1.54, 1.807) is 6.20 Å². The molecule has 6 nitrogen and oxygen atoms in total. The first kappa shape index (κ1) is 14.6. The average Bonchev–Trinajstić information content (AvgIpc) is 3.19. The van der Waals surface area contributed by atoms with Crippen LogP contribution >= 0.6 is 0 Å². The van der Waals surface area contributed by atoms with Crippen molar-refractivity contribution in [2.45, 2.75) is 19.9 Å². The molecule has 1 aliphatic rings. The van der Waals surface area contributed by atoms with Crippen molar-refractivity contribution in [3.63, 3.8) is 0 Å². The van der Waals surface area contributed by atoms with E-state index in [1.165, 1.54) is 0 Å². The van der Waals surface area contributed by atoms with Crippen LogP contribution in [0.4, 0.5) is 0 Å². The molecule has 1 unspecified atom stereocenters. The molecule has 24 heavy (non-hydrogen) atoms. The van der Waals surface area contributed by atoms with Crippen LogP contribution in [0.2, 0.25) is 0 Å². The van der Waals surface area contributed by atoms with Gasteiger partial charge in [0.05, 0.1) is 6.04 Å². The van der Waals surface area contributed by atoms with Gasteiger partial charge in [0.25, 0.3) is 5.91 Å². The Morgan fingerprint density at radius 2 is 2.08 bits per heavy atom. The molecule has 0 saturated carbocycles. The molecule has 0 aliphatic carbocycles. The smallest absolute Gasteiger partial charge is 0.271 e. The molecule has 1 aliphatic heterocycles. The number of fused-ring (bicyclic) bond motifs is 2. The summed E-state index contributed by atoms with van der Waals surface area (Å²) >= 11 is 0. The second-order valence-corrected chi connectivity index (χ2v) is 5.90. The summed E-state index contributed by atoms with van der Waals surface area (Å²) in [6.45, 7) is 4.16. The van der Waals surface area contributed by atoms with Gasteiger partial charge in [-0.1, -0.05) is 6.07 Å². The quantitative estimate of drug-likeness (QED) is 0.805. The van der Waals surface area contributed by atoms with E-state index in [9.17, 15) is 4.79 Å². The standard InChI is InChI=1S/C18H17N3O3/c1-11-5-6-21-9-14(20-17(21)7-11)18(22)19-12(2)13-3-4-15-16(8-13)24-10-23-15/h3-9,12H,10H2,1-2H3,(H,19,22). The van der Waals surface area contributed by atoms with Crippen molar-refractivity contribution in [2.75, 3.05) is 6.79 Å². The third-order valence-corrected chi connectivity index (χ3v) is 4.09. The number of hydrogen-bond acceptors (Lipinski definition) is 4. The van der Waals surface area contributed by atoms with E-state index in [4.69, 9.17) is 9.47 Å². The van der Waals surface area contributed by atoms with Crippen molar-refractivity contribution in [1.29, 1.82) is 0 Å². The number of aryl methyl sites for hydroxylation is 1. The highest BCUT2D eigenvalue weighted by atomic mass is 16.7. The lowest BCUT2D eigenvalue weighted by molar-refractivity contribution is 0.0935. The predicted molar refractivity (Wildman–Crippen MR) is 88.4 cm³/mol. The first-order valence-electron chi connectivity index (χ1n) is 7.76. The number of nitrogens with one attached hydrogen (secondary N) is 1. The van der Waals surface area contributed by atoms with Gasteiger partial charge in [-0.05, 0) is 49.2 Å². The molecule has 2 aromatic heterocycles. The van der Waals surface area contributed by atoms with Crippen LogP contribution in [0.15, 0.2) is 42.7 Å². The molecule has 6 heteroatoms. The third-order valence-electron chi connectivity index (χ3n) is 4.09. The summed E-state index contributed by atoms with van der Waals surface area (Å²) < 4.78 is 12.5. The molecule has 3 aromatic rings. The molecule has 1 aromatic carbocycles. The van der Waals surface area contributed by atoms with Crippen LogP contribution in [-0.2, 0) is 0 Å². The monoisotopic (exact) mass is 323 g/mol. The number of ether oxygens (including phenoxy) is 2. The lowest BCUT2D eigenvalue weighted by Gasteiger charge is -2.13. The highest BCUT2D eigenvalue weighted by molar-refractivity contribution is 5.93. The van der Waals surface area contributed by atoms with E-state index in [0.717, 1.165) is 22.5 Å². The number of benzene rings is 1. The molecule has 1 atom stereocenters. The maximum Gasteiger partial charge on any atom is 0.271 e. The zero-order chi connectivity index (χ0) is 16.7. The van der Waals surface area contributed by atoms with Gasteiger partial charge in [-0.25, -0.2) is 4.98 Å². The molecule has 0 fully saturated rings. The zero-order valence-corrected chi connectivity index (χ0v) is 13.4. The Morgan fingerprint density at radius 1 is 1.25 bits per heavy atom. The second-order valence-electron chi connectivity index (χ2n) is 5.90. The summed E-state index contributed by atoms with van der Waals surface area (Å²) in [5.74, 6) is 1.23. The zero-order valence-electron chi connectivity index (χ0n) is 13.4. The Morgan fingerprint density at radius 3 is 2.96 bits per heavy atom. The molecule has 4 rings (SSSR count). The number of aromatic nitrogens is 2. The van der Waals surface area contributed by atoms with Crippen LogP contribution in [0, 0.1) is 6.92 Å². The highest BCUT2D eigenvalue weighted by Crippen LogP contribution is 2.34. The van der Waals surface area contributed by atoms with Crippen LogP contribution in [0.5, 0.6) is 11.5 Å². The number of amides is 1. The second kappa shape index (κ2) is 5.56. The van der Waals surface area contributed by atoms with Crippen LogP contribution in [0.3, 0.4) is 0 Å². The summed E-state index contributed by atoms with van der Waals surface area (Å²) in [4.78, 5) is 16.9. The fraction of sp³-hybridized carbons (Fsp3) is 0.222. The van der Waals surface area contributed by atoms with Gasteiger partial charge in [-0.2, -0.15) is 0 Å². The lowest BCUT2D eigenvalue weighted by atomic mass is 10.1. The topological polar surface area (TPSA) is 64.9 Å². The molecule has 0 bridgehead atoms. The van der Waals surface area contributed by atoms with E-state index in [0.29, 0.717) is 11.4 Å². The Kier molecular flexibility index (Phi) is 3.37. The Bertz CT molecular complexity index is 932. The number of carbonyl (C=O) groups is 1. The molecular formula is C18H17N3O3. The van der Waals surface area contributed by atoms with E-state index in [1.807, 2.05) is 54.8 Å². The van der Waals surface area contributed by atoms with Gasteiger partial charge in [0.2, 0.25) is 6.79 Å². The minimum absolute atomic E-state index is 0.168. The largest absolute Gasteiger partial charge is 0.454 e. The van der Waals surface area contributed by atoms with Crippen molar-refractivity contribution >= 4 is 11.6 Å². The molecule has 1 amide bonds. The maximum atomic E-state index is 12.5. The maximum absolute atomic E-state index is 12.5. The SMILES string of the molecule is Cc1ccn2cc(C(=O)NC(C)c3ccc4c(c3)OCO4)nc2c1. The number of hydrogen-bond donors (Lipinski definition) is 1. The van der Waals surface area contributed by atoms with Gasteiger partial charge in [-0.15, -0.1) is 0 Å². The van der Waals surface area contributed by atoms with E-state index in [-0.39, 0.29) is 18.7 Å². The Hall–Kier alpha value is -3.02. The molecule has 1 N–H and O–H groups in total. The molecule has 0 radical (unpaired) electrons. The molecular weight excluding hydrogens is 306 g/mol. The Labute approximate surface area is 139 Å². The van der Waals surface area contributed by atoms with Crippen molar-refractivity contribution in [2.24, 2.45) is 0 Å². The number of pyridine rings is 1. The van der Waals surface area contributed by atoms with Crippen molar-refractivity contribution in [3.8, 4) is 11.5 Å². The summed E-state index contributed by atoms with van der Waals surface area (Å²) in [6.07, 6.45) is 3.63. The highest BCUT2D eigenvalue weighted by Gasteiger charge is 2.18. The number of imidazole rings is 1. The first-order valence-corrected chi connectivity index (χ1v) is 7.76. The van der Waals surface area contributed by atoms with Gasteiger partial charge >= 0.3 is 0 Å².